The largest absolute Gasteiger partial charge is 0.461 e. The molecule has 78 valence electrons. The van der Waals surface area contributed by atoms with Gasteiger partial charge < -0.3 is 4.42 Å². The average Bonchev–Trinajstić information content (AvgIpc) is 2.54. The molecular weight excluding hydrogens is 172 g/mol. The molecule has 0 amide bonds. The van der Waals surface area contributed by atoms with E-state index in [1.165, 1.54) is 31.2 Å². The SMILES string of the molecule is C=Cc1oc(CCCCCC)cc1C. The third kappa shape index (κ3) is 3.06. The highest BCUT2D eigenvalue weighted by Crippen LogP contribution is 2.17. The lowest BCUT2D eigenvalue weighted by Gasteiger charge is -1.96. The van der Waals surface area contributed by atoms with Crippen molar-refractivity contribution in [3.63, 3.8) is 0 Å². The van der Waals surface area contributed by atoms with Crippen LogP contribution >= 0.6 is 0 Å². The molecule has 1 aromatic rings. The van der Waals surface area contributed by atoms with Crippen LogP contribution in [0, 0.1) is 6.92 Å². The lowest BCUT2D eigenvalue weighted by molar-refractivity contribution is 0.486. The fraction of sp³-hybridized carbons (Fsp3) is 0.538. The molecule has 0 N–H and O–H groups in total. The Balaban J connectivity index is 2.39. The second-order valence-electron chi connectivity index (χ2n) is 3.77. The maximum absolute atomic E-state index is 5.63. The fourth-order valence-electron chi connectivity index (χ4n) is 1.62. The van der Waals surface area contributed by atoms with Gasteiger partial charge in [-0.25, -0.2) is 0 Å². The van der Waals surface area contributed by atoms with E-state index in [4.69, 9.17) is 4.42 Å². The first-order valence-corrected chi connectivity index (χ1v) is 5.49. The van der Waals surface area contributed by atoms with Crippen molar-refractivity contribution in [1.29, 1.82) is 0 Å². The number of rotatable bonds is 6. The van der Waals surface area contributed by atoms with E-state index in [0.717, 1.165) is 17.9 Å². The molecule has 0 spiro atoms. The van der Waals surface area contributed by atoms with Crippen molar-refractivity contribution in [2.45, 2.75) is 46.0 Å². The molecule has 14 heavy (non-hydrogen) atoms. The maximum Gasteiger partial charge on any atom is 0.129 e. The van der Waals surface area contributed by atoms with Crippen LogP contribution in [0.15, 0.2) is 17.1 Å². The van der Waals surface area contributed by atoms with Gasteiger partial charge in [0.25, 0.3) is 0 Å². The molecule has 0 radical (unpaired) electrons. The van der Waals surface area contributed by atoms with Crippen molar-refractivity contribution in [2.24, 2.45) is 0 Å². The predicted molar refractivity (Wildman–Crippen MR) is 61.4 cm³/mol. The van der Waals surface area contributed by atoms with Crippen molar-refractivity contribution in [1.82, 2.24) is 0 Å². The second-order valence-corrected chi connectivity index (χ2v) is 3.77. The van der Waals surface area contributed by atoms with E-state index in [1.54, 1.807) is 6.08 Å². The molecule has 0 unspecified atom stereocenters. The first kappa shape index (κ1) is 11.1. The summed E-state index contributed by atoms with van der Waals surface area (Å²) in [6, 6.07) is 2.13. The second kappa shape index (κ2) is 5.69. The van der Waals surface area contributed by atoms with E-state index in [9.17, 15) is 0 Å². The number of hydrogen-bond donors (Lipinski definition) is 0. The Kier molecular flexibility index (Phi) is 4.51. The maximum atomic E-state index is 5.63. The van der Waals surface area contributed by atoms with Gasteiger partial charge in [-0.05, 0) is 31.1 Å². The lowest BCUT2D eigenvalue weighted by Crippen LogP contribution is -1.82. The third-order valence-corrected chi connectivity index (χ3v) is 2.47. The Morgan fingerprint density at radius 3 is 2.71 bits per heavy atom. The number of aryl methyl sites for hydroxylation is 2. The summed E-state index contributed by atoms with van der Waals surface area (Å²) in [7, 11) is 0. The predicted octanol–water partition coefficient (Wildman–Crippen LogP) is 4.35. The van der Waals surface area contributed by atoms with Crippen LogP contribution in [0.5, 0.6) is 0 Å². The Morgan fingerprint density at radius 1 is 1.36 bits per heavy atom. The van der Waals surface area contributed by atoms with Crippen molar-refractivity contribution in [2.75, 3.05) is 0 Å². The quantitative estimate of drug-likeness (QED) is 0.610. The van der Waals surface area contributed by atoms with Crippen LogP contribution in [0.4, 0.5) is 0 Å². The van der Waals surface area contributed by atoms with E-state index in [2.05, 4.69) is 26.5 Å². The molecule has 0 fully saturated rings. The van der Waals surface area contributed by atoms with Gasteiger partial charge in [-0.1, -0.05) is 32.8 Å². The first-order valence-electron chi connectivity index (χ1n) is 5.49. The normalized spacial score (nSPS) is 10.4. The van der Waals surface area contributed by atoms with Gasteiger partial charge in [-0.15, -0.1) is 0 Å². The standard InChI is InChI=1S/C13H20O/c1-4-6-7-8-9-12-10-11(3)13(5-2)14-12/h5,10H,2,4,6-9H2,1,3H3. The smallest absolute Gasteiger partial charge is 0.129 e. The monoisotopic (exact) mass is 192 g/mol. The van der Waals surface area contributed by atoms with Gasteiger partial charge in [0, 0.05) is 6.42 Å². The van der Waals surface area contributed by atoms with E-state index in [0.29, 0.717) is 0 Å². The minimum absolute atomic E-state index is 0.926. The zero-order valence-electron chi connectivity index (χ0n) is 9.31. The molecule has 0 aliphatic heterocycles. The van der Waals surface area contributed by atoms with Crippen molar-refractivity contribution in [3.8, 4) is 0 Å². The van der Waals surface area contributed by atoms with Gasteiger partial charge in [0.05, 0.1) is 0 Å². The van der Waals surface area contributed by atoms with Crippen LogP contribution < -0.4 is 0 Å². The zero-order chi connectivity index (χ0) is 10.4. The van der Waals surface area contributed by atoms with E-state index < -0.39 is 0 Å². The molecule has 1 aromatic heterocycles. The molecule has 0 aromatic carbocycles. The van der Waals surface area contributed by atoms with Gasteiger partial charge in [-0.3, -0.25) is 0 Å². The molecule has 0 aliphatic carbocycles. The molecule has 1 rings (SSSR count). The summed E-state index contributed by atoms with van der Waals surface area (Å²) in [6.07, 6.45) is 8.00. The van der Waals surface area contributed by atoms with Crippen molar-refractivity contribution >= 4 is 6.08 Å². The number of furan rings is 1. The van der Waals surface area contributed by atoms with Crippen LogP contribution in [0.1, 0.15) is 49.7 Å². The highest BCUT2D eigenvalue weighted by atomic mass is 16.3. The van der Waals surface area contributed by atoms with Gasteiger partial charge in [-0.2, -0.15) is 0 Å². The summed E-state index contributed by atoms with van der Waals surface area (Å²) in [5.41, 5.74) is 1.20. The van der Waals surface area contributed by atoms with Gasteiger partial charge >= 0.3 is 0 Å². The van der Waals surface area contributed by atoms with Crippen LogP contribution in [0.25, 0.3) is 6.08 Å². The summed E-state index contributed by atoms with van der Waals surface area (Å²) >= 11 is 0. The first-order chi connectivity index (χ1) is 6.77. The topological polar surface area (TPSA) is 13.1 Å². The summed E-state index contributed by atoms with van der Waals surface area (Å²) < 4.78 is 5.63. The van der Waals surface area contributed by atoms with Crippen LogP contribution in [0.3, 0.4) is 0 Å². The minimum Gasteiger partial charge on any atom is -0.461 e. The molecule has 0 bridgehead atoms. The Hall–Kier alpha value is -0.980. The van der Waals surface area contributed by atoms with Crippen molar-refractivity contribution in [3.05, 3.63) is 29.7 Å². The van der Waals surface area contributed by atoms with Gasteiger partial charge in [0.15, 0.2) is 0 Å². The molecule has 0 saturated carbocycles. The molecule has 1 heteroatoms. The molecule has 0 atom stereocenters. The summed E-state index contributed by atoms with van der Waals surface area (Å²) in [5.74, 6) is 2.03. The van der Waals surface area contributed by atoms with Crippen LogP contribution in [0.2, 0.25) is 0 Å². The van der Waals surface area contributed by atoms with Gasteiger partial charge in [0.1, 0.15) is 11.5 Å². The van der Waals surface area contributed by atoms with E-state index in [-0.39, 0.29) is 0 Å². The average molecular weight is 192 g/mol. The molecule has 1 heterocycles. The Bertz CT molecular complexity index is 283. The molecule has 0 saturated heterocycles. The Morgan fingerprint density at radius 2 is 2.14 bits per heavy atom. The lowest BCUT2D eigenvalue weighted by atomic mass is 10.1. The highest BCUT2D eigenvalue weighted by Gasteiger charge is 2.03. The van der Waals surface area contributed by atoms with E-state index in [1.807, 2.05) is 0 Å². The van der Waals surface area contributed by atoms with Crippen LogP contribution in [-0.2, 0) is 6.42 Å². The highest BCUT2D eigenvalue weighted by molar-refractivity contribution is 5.45. The molecule has 1 nitrogen and oxygen atoms in total. The molecule has 0 aliphatic rings. The molecular formula is C13H20O. The third-order valence-electron chi connectivity index (χ3n) is 2.47. The van der Waals surface area contributed by atoms with Crippen molar-refractivity contribution < 1.29 is 4.42 Å². The zero-order valence-corrected chi connectivity index (χ0v) is 9.31. The summed E-state index contributed by atoms with van der Waals surface area (Å²) in [4.78, 5) is 0. The number of hydrogen-bond acceptors (Lipinski definition) is 1. The minimum atomic E-state index is 0.926. The van der Waals surface area contributed by atoms with E-state index >= 15 is 0 Å². The Labute approximate surface area is 86.8 Å². The summed E-state index contributed by atoms with van der Waals surface area (Å²) in [6.45, 7) is 8.02. The van der Waals surface area contributed by atoms with Gasteiger partial charge in [0.2, 0.25) is 0 Å². The summed E-state index contributed by atoms with van der Waals surface area (Å²) in [5, 5.41) is 0. The fourth-order valence-corrected chi connectivity index (χ4v) is 1.62. The number of unbranched alkanes of at least 4 members (excludes halogenated alkanes) is 3. The van der Waals surface area contributed by atoms with Crippen LogP contribution in [-0.4, -0.2) is 0 Å².